The largest absolute Gasteiger partial charge is 0.395 e. The van der Waals surface area contributed by atoms with Crippen molar-refractivity contribution in [3.63, 3.8) is 0 Å². The van der Waals surface area contributed by atoms with Crippen molar-refractivity contribution in [1.82, 2.24) is 4.90 Å². The molecule has 0 bridgehead atoms. The van der Waals surface area contributed by atoms with E-state index in [0.717, 1.165) is 13.1 Å². The Hall–Kier alpha value is -0.380. The minimum atomic E-state index is 0.233. The van der Waals surface area contributed by atoms with Gasteiger partial charge in [0.05, 0.1) is 6.61 Å². The molecule has 0 spiro atoms. The van der Waals surface area contributed by atoms with Crippen LogP contribution < -0.4 is 5.73 Å². The fourth-order valence-corrected chi connectivity index (χ4v) is 3.39. The van der Waals surface area contributed by atoms with Crippen LogP contribution in [0, 0.1) is 0 Å². The van der Waals surface area contributed by atoms with E-state index in [9.17, 15) is 0 Å². The normalized spacial score (nSPS) is 13.1. The van der Waals surface area contributed by atoms with Gasteiger partial charge in [0, 0.05) is 19.1 Å². The number of aliphatic hydroxyl groups is 1. The Morgan fingerprint density at radius 3 is 1.77 bits per heavy atom. The number of nitrogens with two attached hydrogens (primary N) is 1. The summed E-state index contributed by atoms with van der Waals surface area (Å²) in [7, 11) is 0. The zero-order chi connectivity index (χ0) is 19.3. The number of rotatable bonds is 20. The highest BCUT2D eigenvalue weighted by molar-refractivity contribution is 4.81. The summed E-state index contributed by atoms with van der Waals surface area (Å²) in [5.74, 6) is 0. The Morgan fingerprint density at radius 2 is 1.27 bits per heavy atom. The van der Waals surface area contributed by atoms with E-state index >= 15 is 0 Å². The summed E-state index contributed by atoms with van der Waals surface area (Å²) < 4.78 is 0. The van der Waals surface area contributed by atoms with Gasteiger partial charge in [-0.2, -0.15) is 0 Å². The summed E-state index contributed by atoms with van der Waals surface area (Å²) in [5, 5.41) is 9.13. The van der Waals surface area contributed by atoms with E-state index in [2.05, 4.69) is 30.9 Å². The third-order valence-corrected chi connectivity index (χ3v) is 5.31. The molecule has 0 rings (SSSR count). The van der Waals surface area contributed by atoms with E-state index in [0.29, 0.717) is 12.6 Å². The van der Waals surface area contributed by atoms with Crippen molar-refractivity contribution in [2.75, 3.05) is 26.2 Å². The van der Waals surface area contributed by atoms with Gasteiger partial charge in [0.1, 0.15) is 0 Å². The van der Waals surface area contributed by atoms with Crippen LogP contribution in [0.3, 0.4) is 0 Å². The van der Waals surface area contributed by atoms with Gasteiger partial charge in [-0.1, -0.05) is 76.9 Å². The number of hydrogen-bond acceptors (Lipinski definition) is 3. The maximum atomic E-state index is 9.13. The van der Waals surface area contributed by atoms with E-state index in [1.54, 1.807) is 0 Å². The Labute approximate surface area is 164 Å². The Kier molecular flexibility index (Phi) is 20.6. The van der Waals surface area contributed by atoms with Crippen molar-refractivity contribution in [3.05, 3.63) is 12.2 Å². The number of nitrogens with zero attached hydrogens (tertiary/aromatic N) is 1. The molecular weight excluding hydrogens is 320 g/mol. The third-order valence-electron chi connectivity index (χ3n) is 5.31. The highest BCUT2D eigenvalue weighted by Gasteiger charge is 2.10. The zero-order valence-corrected chi connectivity index (χ0v) is 17.9. The molecule has 0 aliphatic heterocycles. The number of hydrogen-bond donors (Lipinski definition) is 2. The van der Waals surface area contributed by atoms with Crippen LogP contribution in [0.4, 0.5) is 0 Å². The first-order valence-corrected chi connectivity index (χ1v) is 11.5. The van der Waals surface area contributed by atoms with Crippen molar-refractivity contribution in [2.24, 2.45) is 5.73 Å². The minimum absolute atomic E-state index is 0.233. The molecule has 0 aliphatic carbocycles. The van der Waals surface area contributed by atoms with Crippen LogP contribution in [-0.2, 0) is 0 Å². The first kappa shape index (κ1) is 25.6. The van der Waals surface area contributed by atoms with Crippen molar-refractivity contribution in [3.8, 4) is 0 Å². The topological polar surface area (TPSA) is 49.5 Å². The molecule has 3 nitrogen and oxygen atoms in total. The Bertz CT molecular complexity index is 294. The molecule has 0 radical (unpaired) electrons. The first-order chi connectivity index (χ1) is 12.8. The average Bonchev–Trinajstić information content (AvgIpc) is 2.66. The summed E-state index contributed by atoms with van der Waals surface area (Å²) in [6.45, 7) is 7.15. The SMILES string of the molecule is CCCCCCCCC=CCCCCCCCCN(CCO)C(C)CN. The second kappa shape index (κ2) is 20.9. The van der Waals surface area contributed by atoms with Crippen molar-refractivity contribution < 1.29 is 5.11 Å². The van der Waals surface area contributed by atoms with Crippen LogP contribution >= 0.6 is 0 Å². The molecule has 26 heavy (non-hydrogen) atoms. The van der Waals surface area contributed by atoms with Crippen LogP contribution in [0.25, 0.3) is 0 Å². The van der Waals surface area contributed by atoms with Crippen LogP contribution in [-0.4, -0.2) is 42.3 Å². The molecule has 1 atom stereocenters. The molecule has 0 saturated heterocycles. The van der Waals surface area contributed by atoms with Crippen molar-refractivity contribution >= 4 is 0 Å². The molecule has 156 valence electrons. The summed E-state index contributed by atoms with van der Waals surface area (Å²) in [6.07, 6.45) is 23.6. The minimum Gasteiger partial charge on any atom is -0.395 e. The predicted octanol–water partition coefficient (Wildman–Crippen LogP) is 5.67. The maximum Gasteiger partial charge on any atom is 0.0558 e. The molecule has 0 amide bonds. The third kappa shape index (κ3) is 17.1. The van der Waals surface area contributed by atoms with Crippen molar-refractivity contribution in [2.45, 2.75) is 110 Å². The van der Waals surface area contributed by atoms with Gasteiger partial charge < -0.3 is 10.8 Å². The molecule has 0 aromatic carbocycles. The van der Waals surface area contributed by atoms with Gasteiger partial charge in [0.15, 0.2) is 0 Å². The summed E-state index contributed by atoms with van der Waals surface area (Å²) in [5.41, 5.74) is 5.74. The van der Waals surface area contributed by atoms with Gasteiger partial charge in [-0.25, -0.2) is 0 Å². The quantitative estimate of drug-likeness (QED) is 0.215. The van der Waals surface area contributed by atoms with E-state index in [-0.39, 0.29) is 6.61 Å². The molecule has 0 heterocycles. The van der Waals surface area contributed by atoms with Crippen LogP contribution in [0.2, 0.25) is 0 Å². The Balaban J connectivity index is 3.33. The van der Waals surface area contributed by atoms with E-state index in [4.69, 9.17) is 10.8 Å². The second-order valence-corrected chi connectivity index (χ2v) is 7.78. The summed E-state index contributed by atoms with van der Waals surface area (Å²) in [6, 6.07) is 0.380. The Morgan fingerprint density at radius 1 is 0.769 bits per heavy atom. The van der Waals surface area contributed by atoms with E-state index < -0.39 is 0 Å². The lowest BCUT2D eigenvalue weighted by Crippen LogP contribution is -2.40. The summed E-state index contributed by atoms with van der Waals surface area (Å²) >= 11 is 0. The number of allylic oxidation sites excluding steroid dienone is 2. The van der Waals surface area contributed by atoms with Crippen molar-refractivity contribution in [1.29, 1.82) is 0 Å². The molecule has 0 fully saturated rings. The second-order valence-electron chi connectivity index (χ2n) is 7.78. The van der Waals surface area contributed by atoms with Crippen LogP contribution in [0.5, 0.6) is 0 Å². The maximum absolute atomic E-state index is 9.13. The number of aliphatic hydroxyl groups excluding tert-OH is 1. The molecule has 3 N–H and O–H groups in total. The van der Waals surface area contributed by atoms with Crippen LogP contribution in [0.1, 0.15) is 104 Å². The lowest BCUT2D eigenvalue weighted by Gasteiger charge is -2.27. The van der Waals surface area contributed by atoms with Gasteiger partial charge in [0.25, 0.3) is 0 Å². The predicted molar refractivity (Wildman–Crippen MR) is 117 cm³/mol. The number of unbranched alkanes of at least 4 members (excludes halogenated alkanes) is 12. The van der Waals surface area contributed by atoms with E-state index in [1.165, 1.54) is 89.9 Å². The monoisotopic (exact) mass is 368 g/mol. The lowest BCUT2D eigenvalue weighted by atomic mass is 10.1. The van der Waals surface area contributed by atoms with Crippen LogP contribution in [0.15, 0.2) is 12.2 Å². The molecule has 0 aliphatic rings. The summed E-state index contributed by atoms with van der Waals surface area (Å²) in [4.78, 5) is 2.31. The fraction of sp³-hybridized carbons (Fsp3) is 0.913. The lowest BCUT2D eigenvalue weighted by molar-refractivity contribution is 0.158. The van der Waals surface area contributed by atoms with Gasteiger partial charge in [-0.05, 0) is 45.6 Å². The molecular formula is C23H48N2O. The zero-order valence-electron chi connectivity index (χ0n) is 17.9. The molecule has 0 saturated carbocycles. The first-order valence-electron chi connectivity index (χ1n) is 11.5. The smallest absolute Gasteiger partial charge is 0.0558 e. The molecule has 0 aromatic heterocycles. The van der Waals surface area contributed by atoms with Gasteiger partial charge in [0.2, 0.25) is 0 Å². The molecule has 3 heteroatoms. The van der Waals surface area contributed by atoms with Gasteiger partial charge in [-0.3, -0.25) is 4.90 Å². The standard InChI is InChI=1S/C23H48N2O/c1-3-4-5-6-7-8-9-10-11-12-13-14-15-16-17-18-19-25(20-21-26)23(2)22-24/h10-11,23,26H,3-9,12-22,24H2,1-2H3. The highest BCUT2D eigenvalue weighted by atomic mass is 16.3. The molecule has 0 aromatic rings. The van der Waals surface area contributed by atoms with Gasteiger partial charge in [-0.15, -0.1) is 0 Å². The van der Waals surface area contributed by atoms with Gasteiger partial charge >= 0.3 is 0 Å². The van der Waals surface area contributed by atoms with E-state index in [1.807, 2.05) is 0 Å². The average molecular weight is 369 g/mol. The highest BCUT2D eigenvalue weighted by Crippen LogP contribution is 2.10. The fourth-order valence-electron chi connectivity index (χ4n) is 3.39. The molecule has 1 unspecified atom stereocenters.